The molecule has 18 heavy (non-hydrogen) atoms. The second-order valence-electron chi connectivity index (χ2n) is 4.71. The van der Waals surface area contributed by atoms with E-state index in [-0.39, 0.29) is 0 Å². The van der Waals surface area contributed by atoms with Gasteiger partial charge in [-0.05, 0) is 37.4 Å². The number of halogens is 1. The number of rotatable bonds is 3. The summed E-state index contributed by atoms with van der Waals surface area (Å²) in [5.41, 5.74) is 2.20. The van der Waals surface area contributed by atoms with Crippen LogP contribution in [0, 0.1) is 0 Å². The molecule has 5 nitrogen and oxygen atoms in total. The number of fused-ring (bicyclic) bond motifs is 1. The van der Waals surface area contributed by atoms with Crippen LogP contribution in [0.4, 0.5) is 5.82 Å². The fraction of sp³-hybridized carbons (Fsp3) is 0.667. The van der Waals surface area contributed by atoms with Crippen LogP contribution in [0.25, 0.3) is 0 Å². The molecule has 1 atom stereocenters. The van der Waals surface area contributed by atoms with Crippen molar-refractivity contribution in [1.82, 2.24) is 15.3 Å². The summed E-state index contributed by atoms with van der Waals surface area (Å²) in [6, 6.07) is 0. The molecule has 2 N–H and O–H groups in total. The second-order valence-corrected chi connectivity index (χ2v) is 5.05. The van der Waals surface area contributed by atoms with Gasteiger partial charge in [-0.1, -0.05) is 0 Å². The Morgan fingerprint density at radius 2 is 2.39 bits per heavy atom. The van der Waals surface area contributed by atoms with Crippen LogP contribution in [0.1, 0.15) is 24.1 Å². The number of ether oxygens (including phenoxy) is 1. The van der Waals surface area contributed by atoms with E-state index in [9.17, 15) is 0 Å². The van der Waals surface area contributed by atoms with Crippen molar-refractivity contribution in [3.8, 4) is 0 Å². The Hall–Kier alpha value is -0.910. The van der Waals surface area contributed by atoms with Crippen LogP contribution >= 0.6 is 11.6 Å². The number of aromatic nitrogens is 2. The SMILES string of the molecule is Clc1nc2c(c(NCC3CCCO3)n1)CCNC2. The molecule has 0 spiro atoms. The van der Waals surface area contributed by atoms with Crippen molar-refractivity contribution in [2.75, 3.05) is 25.0 Å². The molecular formula is C12H17ClN4O. The zero-order valence-corrected chi connectivity index (χ0v) is 11.0. The highest BCUT2D eigenvalue weighted by Crippen LogP contribution is 2.22. The van der Waals surface area contributed by atoms with Crippen molar-refractivity contribution < 1.29 is 4.74 Å². The summed E-state index contributed by atoms with van der Waals surface area (Å²) < 4.78 is 5.60. The van der Waals surface area contributed by atoms with Gasteiger partial charge >= 0.3 is 0 Å². The third-order valence-corrected chi connectivity index (χ3v) is 3.60. The molecule has 0 saturated carbocycles. The Morgan fingerprint density at radius 1 is 1.44 bits per heavy atom. The second kappa shape index (κ2) is 5.38. The zero-order valence-electron chi connectivity index (χ0n) is 10.2. The van der Waals surface area contributed by atoms with E-state index in [4.69, 9.17) is 16.3 Å². The van der Waals surface area contributed by atoms with E-state index in [1.54, 1.807) is 0 Å². The first-order valence-electron chi connectivity index (χ1n) is 6.44. The van der Waals surface area contributed by atoms with Crippen LogP contribution in [-0.4, -0.2) is 35.8 Å². The zero-order chi connectivity index (χ0) is 12.4. The van der Waals surface area contributed by atoms with Gasteiger partial charge in [0.25, 0.3) is 0 Å². The molecule has 98 valence electrons. The summed E-state index contributed by atoms with van der Waals surface area (Å²) in [6.07, 6.45) is 3.52. The Labute approximate surface area is 111 Å². The van der Waals surface area contributed by atoms with Crippen molar-refractivity contribution in [3.63, 3.8) is 0 Å². The molecule has 3 heterocycles. The van der Waals surface area contributed by atoms with Gasteiger partial charge < -0.3 is 15.4 Å². The predicted molar refractivity (Wildman–Crippen MR) is 69.9 cm³/mol. The first-order valence-corrected chi connectivity index (χ1v) is 6.82. The first kappa shape index (κ1) is 12.1. The maximum atomic E-state index is 5.96. The van der Waals surface area contributed by atoms with Crippen molar-refractivity contribution in [2.45, 2.75) is 31.9 Å². The molecule has 0 aromatic carbocycles. The summed E-state index contributed by atoms with van der Waals surface area (Å²) in [5, 5.41) is 6.97. The summed E-state index contributed by atoms with van der Waals surface area (Å²) in [6.45, 7) is 3.41. The van der Waals surface area contributed by atoms with Gasteiger partial charge in [-0.3, -0.25) is 0 Å². The van der Waals surface area contributed by atoms with Gasteiger partial charge in [0.1, 0.15) is 5.82 Å². The number of nitrogens with one attached hydrogen (secondary N) is 2. The standard InChI is InChI=1S/C12H17ClN4O/c13-12-16-10-7-14-4-3-9(10)11(17-12)15-6-8-2-1-5-18-8/h8,14H,1-7H2,(H,15,16,17). The molecule has 3 rings (SSSR count). The Morgan fingerprint density at radius 3 is 3.22 bits per heavy atom. The maximum Gasteiger partial charge on any atom is 0.224 e. The highest BCUT2D eigenvalue weighted by atomic mass is 35.5. The lowest BCUT2D eigenvalue weighted by Crippen LogP contribution is -2.27. The molecule has 1 aromatic rings. The average molecular weight is 269 g/mol. The maximum absolute atomic E-state index is 5.96. The van der Waals surface area contributed by atoms with Crippen molar-refractivity contribution >= 4 is 17.4 Å². The molecule has 1 aromatic heterocycles. The number of hydrogen-bond donors (Lipinski definition) is 2. The van der Waals surface area contributed by atoms with E-state index in [0.29, 0.717) is 11.4 Å². The molecule has 1 fully saturated rings. The number of hydrogen-bond acceptors (Lipinski definition) is 5. The smallest absolute Gasteiger partial charge is 0.224 e. The summed E-state index contributed by atoms with van der Waals surface area (Å²) in [5.74, 6) is 0.877. The Balaban J connectivity index is 1.75. The monoisotopic (exact) mass is 268 g/mol. The highest BCUT2D eigenvalue weighted by molar-refractivity contribution is 6.28. The van der Waals surface area contributed by atoms with E-state index < -0.39 is 0 Å². The number of nitrogens with zero attached hydrogens (tertiary/aromatic N) is 2. The molecule has 1 unspecified atom stereocenters. The van der Waals surface area contributed by atoms with E-state index >= 15 is 0 Å². The summed E-state index contributed by atoms with van der Waals surface area (Å²) in [7, 11) is 0. The Kier molecular flexibility index (Phi) is 3.63. The fourth-order valence-electron chi connectivity index (χ4n) is 2.49. The van der Waals surface area contributed by atoms with Gasteiger partial charge in [0.05, 0.1) is 11.8 Å². The minimum Gasteiger partial charge on any atom is -0.376 e. The largest absolute Gasteiger partial charge is 0.376 e. The lowest BCUT2D eigenvalue weighted by Gasteiger charge is -2.20. The lowest BCUT2D eigenvalue weighted by molar-refractivity contribution is 0.120. The molecule has 2 aliphatic rings. The highest BCUT2D eigenvalue weighted by Gasteiger charge is 2.19. The summed E-state index contributed by atoms with van der Waals surface area (Å²) >= 11 is 5.96. The van der Waals surface area contributed by atoms with Gasteiger partial charge in [0.2, 0.25) is 5.28 Å². The fourth-order valence-corrected chi connectivity index (χ4v) is 2.68. The van der Waals surface area contributed by atoms with Gasteiger partial charge in [0, 0.05) is 25.3 Å². The first-order chi connectivity index (χ1) is 8.83. The molecule has 0 amide bonds. The van der Waals surface area contributed by atoms with Crippen LogP contribution in [0.3, 0.4) is 0 Å². The normalized spacial score (nSPS) is 22.8. The van der Waals surface area contributed by atoms with Crippen molar-refractivity contribution in [3.05, 3.63) is 16.5 Å². The Bertz CT molecular complexity index is 434. The predicted octanol–water partition coefficient (Wildman–Crippen LogP) is 1.37. The van der Waals surface area contributed by atoms with E-state index in [2.05, 4.69) is 20.6 Å². The van der Waals surface area contributed by atoms with E-state index in [0.717, 1.165) is 57.0 Å². The quantitative estimate of drug-likeness (QED) is 0.811. The van der Waals surface area contributed by atoms with Crippen LogP contribution in [0.2, 0.25) is 5.28 Å². The molecule has 2 aliphatic heterocycles. The molecule has 0 bridgehead atoms. The van der Waals surface area contributed by atoms with Crippen molar-refractivity contribution in [2.24, 2.45) is 0 Å². The van der Waals surface area contributed by atoms with Crippen LogP contribution < -0.4 is 10.6 Å². The number of anilines is 1. The summed E-state index contributed by atoms with van der Waals surface area (Å²) in [4.78, 5) is 8.58. The van der Waals surface area contributed by atoms with Crippen molar-refractivity contribution in [1.29, 1.82) is 0 Å². The van der Waals surface area contributed by atoms with Gasteiger partial charge in [0.15, 0.2) is 0 Å². The van der Waals surface area contributed by atoms with Crippen LogP contribution in [0.5, 0.6) is 0 Å². The van der Waals surface area contributed by atoms with Gasteiger partial charge in [-0.2, -0.15) is 0 Å². The van der Waals surface area contributed by atoms with Crippen LogP contribution in [0.15, 0.2) is 0 Å². The lowest BCUT2D eigenvalue weighted by atomic mass is 10.1. The topological polar surface area (TPSA) is 59.1 Å². The molecule has 0 radical (unpaired) electrons. The van der Waals surface area contributed by atoms with Crippen LogP contribution in [-0.2, 0) is 17.7 Å². The van der Waals surface area contributed by atoms with Gasteiger partial charge in [-0.25, -0.2) is 9.97 Å². The van der Waals surface area contributed by atoms with Gasteiger partial charge in [-0.15, -0.1) is 0 Å². The van der Waals surface area contributed by atoms with E-state index in [1.807, 2.05) is 0 Å². The third kappa shape index (κ3) is 2.58. The average Bonchev–Trinajstić information content (AvgIpc) is 2.89. The third-order valence-electron chi connectivity index (χ3n) is 3.43. The molecule has 1 saturated heterocycles. The van der Waals surface area contributed by atoms with E-state index in [1.165, 1.54) is 5.56 Å². The molecular weight excluding hydrogens is 252 g/mol. The minimum atomic E-state index is 0.302. The molecule has 0 aliphatic carbocycles. The molecule has 6 heteroatoms. The minimum absolute atomic E-state index is 0.302.